The molecule has 1 heterocycles. The lowest BCUT2D eigenvalue weighted by molar-refractivity contribution is -0.119. The van der Waals surface area contributed by atoms with E-state index >= 15 is 0 Å². The molecular weight excluding hydrogens is 184 g/mol. The zero-order chi connectivity index (χ0) is 10.4. The Morgan fingerprint density at radius 2 is 2.36 bits per heavy atom. The van der Waals surface area contributed by atoms with Crippen molar-refractivity contribution in [2.75, 3.05) is 11.9 Å². The number of rotatable bonds is 4. The SMILES string of the molecule is CC(=O)NCCC(=O)Nc1ncc[nH]1. The molecule has 14 heavy (non-hydrogen) atoms. The number of anilines is 1. The Labute approximate surface area is 81.1 Å². The van der Waals surface area contributed by atoms with Gasteiger partial charge in [0.25, 0.3) is 0 Å². The van der Waals surface area contributed by atoms with Crippen molar-refractivity contribution in [2.45, 2.75) is 13.3 Å². The van der Waals surface area contributed by atoms with Crippen LogP contribution >= 0.6 is 0 Å². The monoisotopic (exact) mass is 196 g/mol. The van der Waals surface area contributed by atoms with Gasteiger partial charge in [0.15, 0.2) is 0 Å². The highest BCUT2D eigenvalue weighted by molar-refractivity contribution is 5.89. The van der Waals surface area contributed by atoms with Crippen molar-refractivity contribution in [3.8, 4) is 0 Å². The summed E-state index contributed by atoms with van der Waals surface area (Å²) in [7, 11) is 0. The summed E-state index contributed by atoms with van der Waals surface area (Å²) in [6, 6.07) is 0. The third-order valence-electron chi connectivity index (χ3n) is 1.48. The maximum atomic E-state index is 11.2. The summed E-state index contributed by atoms with van der Waals surface area (Å²) >= 11 is 0. The molecule has 1 aromatic heterocycles. The van der Waals surface area contributed by atoms with Crippen LogP contribution in [0.5, 0.6) is 0 Å². The average Bonchev–Trinajstić information content (AvgIpc) is 2.56. The fourth-order valence-electron chi connectivity index (χ4n) is 0.880. The molecule has 1 rings (SSSR count). The molecule has 0 saturated heterocycles. The first-order valence-corrected chi connectivity index (χ1v) is 4.22. The van der Waals surface area contributed by atoms with E-state index in [9.17, 15) is 9.59 Å². The highest BCUT2D eigenvalue weighted by Gasteiger charge is 2.03. The van der Waals surface area contributed by atoms with Gasteiger partial charge in [-0.1, -0.05) is 0 Å². The molecule has 6 nitrogen and oxygen atoms in total. The minimum Gasteiger partial charge on any atom is -0.356 e. The predicted molar refractivity (Wildman–Crippen MR) is 50.5 cm³/mol. The fraction of sp³-hybridized carbons (Fsp3) is 0.375. The summed E-state index contributed by atoms with van der Waals surface area (Å²) in [5.74, 6) is 0.0855. The molecule has 0 fully saturated rings. The van der Waals surface area contributed by atoms with E-state index in [0.29, 0.717) is 12.5 Å². The maximum absolute atomic E-state index is 11.2. The molecule has 6 heteroatoms. The third-order valence-corrected chi connectivity index (χ3v) is 1.48. The topological polar surface area (TPSA) is 86.9 Å². The Hall–Kier alpha value is -1.85. The Morgan fingerprint density at radius 1 is 1.57 bits per heavy atom. The van der Waals surface area contributed by atoms with Crippen LogP contribution in [0.4, 0.5) is 5.95 Å². The van der Waals surface area contributed by atoms with Crippen molar-refractivity contribution in [1.29, 1.82) is 0 Å². The van der Waals surface area contributed by atoms with Crippen LogP contribution < -0.4 is 10.6 Å². The first kappa shape index (κ1) is 10.2. The molecular formula is C8H12N4O2. The number of nitrogens with zero attached hydrogens (tertiary/aromatic N) is 1. The summed E-state index contributed by atoms with van der Waals surface area (Å²) in [5, 5.41) is 5.06. The van der Waals surface area contributed by atoms with Gasteiger partial charge >= 0.3 is 0 Å². The summed E-state index contributed by atoms with van der Waals surface area (Å²) in [4.78, 5) is 28.2. The van der Waals surface area contributed by atoms with Gasteiger partial charge in [-0.3, -0.25) is 14.9 Å². The molecule has 0 spiro atoms. The van der Waals surface area contributed by atoms with E-state index in [1.54, 1.807) is 12.4 Å². The third kappa shape index (κ3) is 3.70. The van der Waals surface area contributed by atoms with Crippen molar-refractivity contribution in [1.82, 2.24) is 15.3 Å². The Balaban J connectivity index is 2.20. The smallest absolute Gasteiger partial charge is 0.228 e. The van der Waals surface area contributed by atoms with E-state index in [1.165, 1.54) is 6.92 Å². The number of aromatic nitrogens is 2. The normalized spacial score (nSPS) is 9.50. The Kier molecular flexibility index (Phi) is 3.66. The van der Waals surface area contributed by atoms with Gasteiger partial charge < -0.3 is 10.3 Å². The standard InChI is InChI=1S/C8H12N4O2/c1-6(13)9-3-2-7(14)12-8-10-4-5-11-8/h4-5H,2-3H2,1H3,(H,9,13)(H2,10,11,12,14). The quantitative estimate of drug-likeness (QED) is 0.627. The minimum atomic E-state index is -0.186. The molecule has 76 valence electrons. The van der Waals surface area contributed by atoms with Gasteiger partial charge in [-0.15, -0.1) is 0 Å². The molecule has 0 unspecified atom stereocenters. The average molecular weight is 196 g/mol. The van der Waals surface area contributed by atoms with Gasteiger partial charge in [-0.25, -0.2) is 4.98 Å². The van der Waals surface area contributed by atoms with E-state index in [0.717, 1.165) is 0 Å². The van der Waals surface area contributed by atoms with Gasteiger partial charge in [-0.05, 0) is 0 Å². The van der Waals surface area contributed by atoms with Crippen LogP contribution in [0.1, 0.15) is 13.3 Å². The molecule has 0 aromatic carbocycles. The zero-order valence-electron chi connectivity index (χ0n) is 7.83. The van der Waals surface area contributed by atoms with E-state index in [-0.39, 0.29) is 18.2 Å². The van der Waals surface area contributed by atoms with Crippen LogP contribution in [-0.2, 0) is 9.59 Å². The van der Waals surface area contributed by atoms with Gasteiger partial charge in [-0.2, -0.15) is 0 Å². The largest absolute Gasteiger partial charge is 0.356 e. The number of imidazole rings is 1. The molecule has 1 aromatic rings. The number of carbonyl (C=O) groups is 2. The van der Waals surface area contributed by atoms with Crippen LogP contribution in [-0.4, -0.2) is 28.3 Å². The van der Waals surface area contributed by atoms with E-state index in [1.807, 2.05) is 0 Å². The summed E-state index contributed by atoms with van der Waals surface area (Å²) in [6.45, 7) is 1.74. The molecule has 2 amide bonds. The van der Waals surface area contributed by atoms with Crippen LogP contribution in [0, 0.1) is 0 Å². The van der Waals surface area contributed by atoms with E-state index in [2.05, 4.69) is 20.6 Å². The lowest BCUT2D eigenvalue weighted by Gasteiger charge is -2.02. The van der Waals surface area contributed by atoms with Crippen molar-refractivity contribution >= 4 is 17.8 Å². The van der Waals surface area contributed by atoms with E-state index in [4.69, 9.17) is 0 Å². The fourth-order valence-corrected chi connectivity index (χ4v) is 0.880. The molecule has 0 aliphatic heterocycles. The molecule has 0 bridgehead atoms. The molecule has 0 aliphatic rings. The molecule has 3 N–H and O–H groups in total. The van der Waals surface area contributed by atoms with Crippen molar-refractivity contribution in [3.63, 3.8) is 0 Å². The van der Waals surface area contributed by atoms with Crippen LogP contribution in [0.25, 0.3) is 0 Å². The number of aromatic amines is 1. The molecule has 0 saturated carbocycles. The van der Waals surface area contributed by atoms with Crippen molar-refractivity contribution in [3.05, 3.63) is 12.4 Å². The molecule has 0 atom stereocenters. The second kappa shape index (κ2) is 5.00. The summed E-state index contributed by atoms with van der Waals surface area (Å²) in [6.07, 6.45) is 3.40. The number of amides is 2. The zero-order valence-corrected chi connectivity index (χ0v) is 7.83. The Morgan fingerprint density at radius 3 is 2.93 bits per heavy atom. The maximum Gasteiger partial charge on any atom is 0.228 e. The van der Waals surface area contributed by atoms with Crippen LogP contribution in [0.2, 0.25) is 0 Å². The number of hydrogen-bond donors (Lipinski definition) is 3. The van der Waals surface area contributed by atoms with E-state index < -0.39 is 0 Å². The predicted octanol–water partition coefficient (Wildman–Crippen LogP) is -0.126. The lowest BCUT2D eigenvalue weighted by atomic mass is 10.4. The molecule has 0 radical (unpaired) electrons. The number of hydrogen-bond acceptors (Lipinski definition) is 3. The number of nitrogens with one attached hydrogen (secondary N) is 3. The molecule has 0 aliphatic carbocycles. The van der Waals surface area contributed by atoms with Crippen LogP contribution in [0.3, 0.4) is 0 Å². The number of carbonyl (C=O) groups excluding carboxylic acids is 2. The second-order valence-corrected chi connectivity index (χ2v) is 2.72. The van der Waals surface area contributed by atoms with Gasteiger partial charge in [0, 0.05) is 32.3 Å². The first-order valence-electron chi connectivity index (χ1n) is 4.22. The second-order valence-electron chi connectivity index (χ2n) is 2.72. The summed E-state index contributed by atoms with van der Waals surface area (Å²) in [5.41, 5.74) is 0. The Bertz CT molecular complexity index is 307. The number of H-pyrrole nitrogens is 1. The summed E-state index contributed by atoms with van der Waals surface area (Å²) < 4.78 is 0. The highest BCUT2D eigenvalue weighted by Crippen LogP contribution is 1.95. The lowest BCUT2D eigenvalue weighted by Crippen LogP contribution is -2.25. The van der Waals surface area contributed by atoms with Crippen molar-refractivity contribution < 1.29 is 9.59 Å². The van der Waals surface area contributed by atoms with Crippen LogP contribution in [0.15, 0.2) is 12.4 Å². The minimum absolute atomic E-state index is 0.143. The van der Waals surface area contributed by atoms with Gasteiger partial charge in [0.2, 0.25) is 17.8 Å². The van der Waals surface area contributed by atoms with Gasteiger partial charge in [0.05, 0.1) is 0 Å². The highest BCUT2D eigenvalue weighted by atomic mass is 16.2. The first-order chi connectivity index (χ1) is 6.68. The van der Waals surface area contributed by atoms with Crippen molar-refractivity contribution in [2.24, 2.45) is 0 Å². The van der Waals surface area contributed by atoms with Gasteiger partial charge in [0.1, 0.15) is 0 Å².